The molecule has 0 aliphatic carbocycles. The molecule has 7 heteroatoms. The van der Waals surface area contributed by atoms with Crippen LogP contribution in [0.3, 0.4) is 0 Å². The van der Waals surface area contributed by atoms with Crippen molar-refractivity contribution in [2.24, 2.45) is 29.6 Å². The quantitative estimate of drug-likeness (QED) is 0.481. The van der Waals surface area contributed by atoms with Crippen molar-refractivity contribution in [3.63, 3.8) is 0 Å². The Hall–Kier alpha value is -1.76. The number of Topliss-reactive ketones (excluding diaryl/α,β-unsaturated/α-hetero) is 2. The minimum atomic E-state index is -1.13. The van der Waals surface area contributed by atoms with Gasteiger partial charge in [0.1, 0.15) is 29.2 Å². The number of methoxy groups -OCH3 is 1. The maximum atomic E-state index is 13.4. The van der Waals surface area contributed by atoms with Gasteiger partial charge in [0, 0.05) is 30.8 Å². The van der Waals surface area contributed by atoms with Crippen molar-refractivity contribution in [3.8, 4) is 0 Å². The van der Waals surface area contributed by atoms with E-state index in [1.807, 2.05) is 27.7 Å². The molecule has 0 spiro atoms. The lowest BCUT2D eigenvalue weighted by Gasteiger charge is -2.40. The van der Waals surface area contributed by atoms with E-state index < -0.39 is 52.9 Å². The summed E-state index contributed by atoms with van der Waals surface area (Å²) < 4.78 is 17.2. The molecule has 0 amide bonds. The zero-order valence-electron chi connectivity index (χ0n) is 20.2. The number of fused-ring (bicyclic) bond motifs is 1. The van der Waals surface area contributed by atoms with Crippen LogP contribution in [-0.4, -0.2) is 47.9 Å². The third-order valence-corrected chi connectivity index (χ3v) is 7.50. The summed E-state index contributed by atoms with van der Waals surface area (Å²) in [5.74, 6) is -3.83. The van der Waals surface area contributed by atoms with Crippen LogP contribution in [0.15, 0.2) is 0 Å². The SMILES string of the molecule is CC[C@H]1OC(=O)[C@H](C)C(=O)[C@H](C)C[C@](C)(OC)C[C@@H](C)C(=O)[C@H](C)[C@H]2CC(=O)O[C@@]21C. The number of cyclic esters (lactones) is 1. The summed E-state index contributed by atoms with van der Waals surface area (Å²) in [4.78, 5) is 51.5. The molecule has 2 aliphatic heterocycles. The van der Waals surface area contributed by atoms with Crippen LogP contribution >= 0.6 is 0 Å². The molecule has 2 aliphatic rings. The Morgan fingerprint density at radius 1 is 0.968 bits per heavy atom. The van der Waals surface area contributed by atoms with Gasteiger partial charge in [0.25, 0.3) is 0 Å². The van der Waals surface area contributed by atoms with Gasteiger partial charge < -0.3 is 14.2 Å². The topological polar surface area (TPSA) is 96.0 Å². The van der Waals surface area contributed by atoms with Gasteiger partial charge >= 0.3 is 11.9 Å². The van der Waals surface area contributed by atoms with Crippen molar-refractivity contribution in [1.82, 2.24) is 0 Å². The fourth-order valence-electron chi connectivity index (χ4n) is 5.51. The second-order valence-corrected chi connectivity index (χ2v) is 9.98. The fraction of sp³-hybridized carbons (Fsp3) is 0.833. The maximum Gasteiger partial charge on any atom is 0.316 e. The number of carbonyl (C=O) groups excluding carboxylic acids is 4. The lowest BCUT2D eigenvalue weighted by Crippen LogP contribution is -2.51. The highest BCUT2D eigenvalue weighted by atomic mass is 16.6. The molecule has 2 heterocycles. The second kappa shape index (κ2) is 9.39. The van der Waals surface area contributed by atoms with Gasteiger partial charge in [-0.1, -0.05) is 27.7 Å². The molecule has 0 saturated carbocycles. The van der Waals surface area contributed by atoms with E-state index >= 15 is 0 Å². The zero-order valence-corrected chi connectivity index (χ0v) is 20.2. The van der Waals surface area contributed by atoms with E-state index in [0.717, 1.165) is 0 Å². The average molecular weight is 439 g/mol. The van der Waals surface area contributed by atoms with Gasteiger partial charge in [0.2, 0.25) is 0 Å². The number of carbonyl (C=O) groups is 4. The monoisotopic (exact) mass is 438 g/mol. The molecule has 0 radical (unpaired) electrons. The Morgan fingerprint density at radius 3 is 2.03 bits per heavy atom. The molecule has 0 unspecified atom stereocenters. The Bertz CT molecular complexity index is 731. The molecule has 0 aromatic heterocycles. The number of ether oxygens (including phenoxy) is 3. The summed E-state index contributed by atoms with van der Waals surface area (Å²) in [6.45, 7) is 12.5. The maximum absolute atomic E-state index is 13.4. The highest BCUT2D eigenvalue weighted by molar-refractivity contribution is 5.99. The lowest BCUT2D eigenvalue weighted by molar-refractivity contribution is -0.183. The molecule has 0 bridgehead atoms. The summed E-state index contributed by atoms with van der Waals surface area (Å²) in [6.07, 6.45) is 0.599. The Labute approximate surface area is 185 Å². The van der Waals surface area contributed by atoms with Gasteiger partial charge in [-0.25, -0.2) is 0 Å². The first kappa shape index (κ1) is 25.5. The first-order valence-corrected chi connectivity index (χ1v) is 11.3. The van der Waals surface area contributed by atoms with E-state index in [4.69, 9.17) is 14.2 Å². The van der Waals surface area contributed by atoms with Crippen LogP contribution in [0.25, 0.3) is 0 Å². The van der Waals surface area contributed by atoms with E-state index in [1.54, 1.807) is 27.9 Å². The highest BCUT2D eigenvalue weighted by Gasteiger charge is 2.56. The number of rotatable bonds is 2. The van der Waals surface area contributed by atoms with Crippen molar-refractivity contribution in [1.29, 1.82) is 0 Å². The second-order valence-electron chi connectivity index (χ2n) is 9.98. The summed E-state index contributed by atoms with van der Waals surface area (Å²) in [5, 5.41) is 0. The number of ketones is 2. The van der Waals surface area contributed by atoms with Gasteiger partial charge in [-0.3, -0.25) is 19.2 Å². The smallest absolute Gasteiger partial charge is 0.316 e. The molecule has 8 atom stereocenters. The van der Waals surface area contributed by atoms with Crippen molar-refractivity contribution >= 4 is 23.5 Å². The van der Waals surface area contributed by atoms with Crippen LogP contribution in [0.5, 0.6) is 0 Å². The Morgan fingerprint density at radius 2 is 1.52 bits per heavy atom. The fourth-order valence-corrected chi connectivity index (χ4v) is 5.51. The summed E-state index contributed by atoms with van der Waals surface area (Å²) in [5.41, 5.74) is -1.83. The van der Waals surface area contributed by atoms with Gasteiger partial charge in [-0.05, 0) is 40.0 Å². The summed E-state index contributed by atoms with van der Waals surface area (Å²) in [7, 11) is 1.57. The van der Waals surface area contributed by atoms with Crippen LogP contribution in [0.4, 0.5) is 0 Å². The van der Waals surface area contributed by atoms with Crippen molar-refractivity contribution in [3.05, 3.63) is 0 Å². The minimum Gasteiger partial charge on any atom is -0.458 e. The molecule has 2 fully saturated rings. The normalized spacial score (nSPS) is 43.1. The van der Waals surface area contributed by atoms with Gasteiger partial charge in [0.05, 0.1) is 12.0 Å². The van der Waals surface area contributed by atoms with Gasteiger partial charge in [-0.2, -0.15) is 0 Å². The first-order valence-electron chi connectivity index (χ1n) is 11.3. The Kier molecular flexibility index (Phi) is 7.72. The third kappa shape index (κ3) is 5.02. The molecular weight excluding hydrogens is 400 g/mol. The molecular formula is C24H38O7. The van der Waals surface area contributed by atoms with E-state index in [2.05, 4.69) is 0 Å². The van der Waals surface area contributed by atoms with Crippen LogP contribution < -0.4 is 0 Å². The zero-order chi connectivity index (χ0) is 23.7. The largest absolute Gasteiger partial charge is 0.458 e. The predicted molar refractivity (Wildman–Crippen MR) is 114 cm³/mol. The Balaban J connectivity index is 2.52. The lowest BCUT2D eigenvalue weighted by atomic mass is 9.71. The minimum absolute atomic E-state index is 0.0170. The first-order chi connectivity index (χ1) is 14.3. The van der Waals surface area contributed by atoms with Crippen molar-refractivity contribution < 1.29 is 33.4 Å². The average Bonchev–Trinajstić information content (AvgIpc) is 3.03. The van der Waals surface area contributed by atoms with Gasteiger partial charge in [0.15, 0.2) is 0 Å². The number of hydrogen-bond donors (Lipinski definition) is 0. The van der Waals surface area contributed by atoms with Crippen LogP contribution in [0, 0.1) is 29.6 Å². The van der Waals surface area contributed by atoms with Crippen LogP contribution in [0.1, 0.15) is 74.1 Å². The molecule has 0 aromatic rings. The highest BCUT2D eigenvalue weighted by Crippen LogP contribution is 2.44. The molecule has 2 saturated heterocycles. The van der Waals surface area contributed by atoms with Gasteiger partial charge in [-0.15, -0.1) is 0 Å². The van der Waals surface area contributed by atoms with E-state index in [1.165, 1.54) is 0 Å². The third-order valence-electron chi connectivity index (χ3n) is 7.50. The molecule has 0 aromatic carbocycles. The molecule has 7 nitrogen and oxygen atoms in total. The van der Waals surface area contributed by atoms with Crippen LogP contribution in [-0.2, 0) is 33.4 Å². The standard InChI is InChI=1S/C24H38O7/c1-9-18-24(7)17(10-19(25)31-24)15(4)20(26)13(2)11-23(6,29-8)12-14(3)21(27)16(5)22(28)30-18/h13-18H,9-12H2,1-8H3/t13-,14-,15-,16-,17-,18-,23-,24+/m1/s1. The summed E-state index contributed by atoms with van der Waals surface area (Å²) in [6, 6.07) is 0. The summed E-state index contributed by atoms with van der Waals surface area (Å²) >= 11 is 0. The van der Waals surface area contributed by atoms with E-state index in [9.17, 15) is 19.2 Å². The van der Waals surface area contributed by atoms with Crippen molar-refractivity contribution in [2.45, 2.75) is 91.5 Å². The van der Waals surface area contributed by atoms with Crippen LogP contribution in [0.2, 0.25) is 0 Å². The molecule has 0 N–H and O–H groups in total. The van der Waals surface area contributed by atoms with E-state index in [-0.39, 0.29) is 23.9 Å². The number of esters is 2. The van der Waals surface area contributed by atoms with E-state index in [0.29, 0.717) is 19.3 Å². The number of hydrogen-bond acceptors (Lipinski definition) is 7. The molecule has 2 rings (SSSR count). The molecule has 31 heavy (non-hydrogen) atoms. The predicted octanol–water partition coefficient (Wildman–Crippen LogP) is 3.51. The van der Waals surface area contributed by atoms with Crippen molar-refractivity contribution in [2.75, 3.05) is 7.11 Å². The molecule has 176 valence electrons.